The Morgan fingerprint density at radius 3 is 2.70 bits per heavy atom. The molecule has 1 aromatic carbocycles. The maximum Gasteiger partial charge on any atom is 0.251 e. The van der Waals surface area contributed by atoms with Gasteiger partial charge >= 0.3 is 0 Å². The molecule has 0 aliphatic carbocycles. The summed E-state index contributed by atoms with van der Waals surface area (Å²) in [5, 5.41) is 4.77. The maximum absolute atomic E-state index is 12.0. The van der Waals surface area contributed by atoms with Gasteiger partial charge in [0.1, 0.15) is 0 Å². The van der Waals surface area contributed by atoms with Gasteiger partial charge in [0.25, 0.3) is 5.91 Å². The van der Waals surface area contributed by atoms with E-state index < -0.39 is 9.84 Å². The van der Waals surface area contributed by atoms with Crippen molar-refractivity contribution in [3.05, 3.63) is 57.8 Å². The van der Waals surface area contributed by atoms with Crippen LogP contribution in [0.5, 0.6) is 0 Å². The van der Waals surface area contributed by atoms with E-state index in [1.54, 1.807) is 35.6 Å². The van der Waals surface area contributed by atoms with Crippen molar-refractivity contribution in [2.75, 3.05) is 6.26 Å². The van der Waals surface area contributed by atoms with E-state index in [2.05, 4.69) is 5.32 Å². The molecular weight excluding hydrogens is 294 g/mol. The second-order valence-electron chi connectivity index (χ2n) is 4.53. The summed E-state index contributed by atoms with van der Waals surface area (Å²) in [4.78, 5) is 13.1. The highest BCUT2D eigenvalue weighted by Crippen LogP contribution is 2.10. The van der Waals surface area contributed by atoms with Gasteiger partial charge in [-0.3, -0.25) is 4.79 Å². The molecule has 0 bridgehead atoms. The summed E-state index contributed by atoms with van der Waals surface area (Å²) in [5.41, 5.74) is 1.10. The number of thiophene rings is 1. The first-order valence-electron chi connectivity index (χ1n) is 6.01. The fourth-order valence-electron chi connectivity index (χ4n) is 1.79. The van der Waals surface area contributed by atoms with Gasteiger partial charge in [0.2, 0.25) is 0 Å². The van der Waals surface area contributed by atoms with Gasteiger partial charge in [0.15, 0.2) is 9.84 Å². The molecule has 2 rings (SSSR count). The van der Waals surface area contributed by atoms with Crippen LogP contribution in [0.2, 0.25) is 0 Å². The van der Waals surface area contributed by atoms with Crippen LogP contribution in [-0.2, 0) is 22.1 Å². The minimum atomic E-state index is -3.10. The Hall–Kier alpha value is -1.66. The summed E-state index contributed by atoms with van der Waals surface area (Å²) < 4.78 is 22.5. The van der Waals surface area contributed by atoms with Gasteiger partial charge in [0, 0.05) is 16.7 Å². The first-order valence-corrected chi connectivity index (χ1v) is 8.95. The number of carbonyl (C=O) groups excluding carboxylic acids is 1. The number of nitrogens with one attached hydrogen (secondary N) is 1. The lowest BCUT2D eigenvalue weighted by molar-refractivity contribution is 0.0951. The van der Waals surface area contributed by atoms with Crippen LogP contribution in [0.1, 0.15) is 20.8 Å². The number of sulfone groups is 1. The molecule has 0 saturated carbocycles. The molecule has 0 unspecified atom stereocenters. The molecule has 1 amide bonds. The first kappa shape index (κ1) is 14.7. The van der Waals surface area contributed by atoms with Gasteiger partial charge in [-0.25, -0.2) is 8.42 Å². The van der Waals surface area contributed by atoms with Gasteiger partial charge < -0.3 is 5.32 Å². The summed E-state index contributed by atoms with van der Waals surface area (Å²) in [6.45, 7) is 0.479. The normalized spacial score (nSPS) is 11.2. The standard InChI is InChI=1S/C14H15NO3S2/c1-20(17,18)10-11-4-2-5-12(8-11)14(16)15-9-13-6-3-7-19-13/h2-8H,9-10H2,1H3,(H,15,16). The number of carbonyl (C=O) groups is 1. The van der Waals surface area contributed by atoms with Crippen LogP contribution in [0.3, 0.4) is 0 Å². The van der Waals surface area contributed by atoms with E-state index >= 15 is 0 Å². The third-order valence-electron chi connectivity index (χ3n) is 2.62. The summed E-state index contributed by atoms with van der Waals surface area (Å²) >= 11 is 1.58. The minimum Gasteiger partial charge on any atom is -0.347 e. The minimum absolute atomic E-state index is 0.0565. The van der Waals surface area contributed by atoms with Gasteiger partial charge in [-0.1, -0.05) is 18.2 Å². The van der Waals surface area contributed by atoms with E-state index in [-0.39, 0.29) is 11.7 Å². The molecule has 0 saturated heterocycles. The van der Waals surface area contributed by atoms with Crippen molar-refractivity contribution in [2.45, 2.75) is 12.3 Å². The topological polar surface area (TPSA) is 63.2 Å². The quantitative estimate of drug-likeness (QED) is 0.921. The van der Waals surface area contributed by atoms with E-state index in [1.807, 2.05) is 17.5 Å². The highest BCUT2D eigenvalue weighted by molar-refractivity contribution is 7.89. The number of hydrogen-bond acceptors (Lipinski definition) is 4. The molecule has 0 aliphatic heterocycles. The van der Waals surface area contributed by atoms with Gasteiger partial charge in [-0.05, 0) is 29.1 Å². The van der Waals surface area contributed by atoms with E-state index in [0.29, 0.717) is 17.7 Å². The first-order chi connectivity index (χ1) is 9.44. The molecule has 4 nitrogen and oxygen atoms in total. The van der Waals surface area contributed by atoms with Crippen molar-refractivity contribution in [3.63, 3.8) is 0 Å². The van der Waals surface area contributed by atoms with Crippen LogP contribution in [0.15, 0.2) is 41.8 Å². The van der Waals surface area contributed by atoms with Gasteiger partial charge in [-0.2, -0.15) is 0 Å². The van der Waals surface area contributed by atoms with Crippen molar-refractivity contribution < 1.29 is 13.2 Å². The Morgan fingerprint density at radius 1 is 1.25 bits per heavy atom. The smallest absolute Gasteiger partial charge is 0.251 e. The fourth-order valence-corrected chi connectivity index (χ4v) is 3.22. The second-order valence-corrected chi connectivity index (χ2v) is 7.70. The van der Waals surface area contributed by atoms with E-state index in [0.717, 1.165) is 4.88 Å². The molecule has 1 N–H and O–H groups in total. The Morgan fingerprint density at radius 2 is 2.05 bits per heavy atom. The maximum atomic E-state index is 12.0. The molecule has 0 aliphatic rings. The van der Waals surface area contributed by atoms with Crippen LogP contribution in [0.4, 0.5) is 0 Å². The fraction of sp³-hybridized carbons (Fsp3) is 0.214. The summed E-state index contributed by atoms with van der Waals surface area (Å²) in [6, 6.07) is 10.6. The monoisotopic (exact) mass is 309 g/mol. The average molecular weight is 309 g/mol. The van der Waals surface area contributed by atoms with Gasteiger partial charge in [0.05, 0.1) is 12.3 Å². The third kappa shape index (κ3) is 4.47. The van der Waals surface area contributed by atoms with E-state index in [4.69, 9.17) is 0 Å². The lowest BCUT2D eigenvalue weighted by atomic mass is 10.1. The number of amides is 1. The lowest BCUT2D eigenvalue weighted by Gasteiger charge is -2.06. The molecule has 1 heterocycles. The van der Waals surface area contributed by atoms with E-state index in [1.165, 1.54) is 6.26 Å². The number of benzene rings is 1. The molecule has 6 heteroatoms. The summed E-state index contributed by atoms with van der Waals surface area (Å²) in [5.74, 6) is -0.257. The van der Waals surface area contributed by atoms with Crippen LogP contribution in [0.25, 0.3) is 0 Å². The molecule has 2 aromatic rings. The number of hydrogen-bond donors (Lipinski definition) is 1. The molecule has 106 valence electrons. The van der Waals surface area contributed by atoms with E-state index in [9.17, 15) is 13.2 Å². The zero-order valence-corrected chi connectivity index (χ0v) is 12.6. The zero-order chi connectivity index (χ0) is 14.6. The van der Waals surface area contributed by atoms with Crippen LogP contribution >= 0.6 is 11.3 Å². The molecule has 0 radical (unpaired) electrons. The zero-order valence-electron chi connectivity index (χ0n) is 11.0. The highest BCUT2D eigenvalue weighted by Gasteiger charge is 2.09. The Labute approximate surface area is 122 Å². The second kappa shape index (κ2) is 6.19. The molecule has 0 fully saturated rings. The SMILES string of the molecule is CS(=O)(=O)Cc1cccc(C(=O)NCc2cccs2)c1. The summed E-state index contributed by atoms with van der Waals surface area (Å²) in [7, 11) is -3.10. The molecule has 0 spiro atoms. The van der Waals surface area contributed by atoms with Crippen molar-refractivity contribution in [1.82, 2.24) is 5.32 Å². The number of rotatable bonds is 5. The van der Waals surface area contributed by atoms with Crippen molar-refractivity contribution in [1.29, 1.82) is 0 Å². The van der Waals surface area contributed by atoms with Crippen LogP contribution < -0.4 is 5.32 Å². The predicted octanol–water partition coefficient (Wildman–Crippen LogP) is 2.22. The van der Waals surface area contributed by atoms with Crippen LogP contribution in [-0.4, -0.2) is 20.6 Å². The largest absolute Gasteiger partial charge is 0.347 e. The Kier molecular flexibility index (Phi) is 4.57. The molecule has 0 atom stereocenters. The Bertz CT molecular complexity index is 691. The van der Waals surface area contributed by atoms with Crippen molar-refractivity contribution in [2.24, 2.45) is 0 Å². The highest BCUT2D eigenvalue weighted by atomic mass is 32.2. The lowest BCUT2D eigenvalue weighted by Crippen LogP contribution is -2.22. The van der Waals surface area contributed by atoms with Crippen LogP contribution in [0, 0.1) is 0 Å². The molecule has 20 heavy (non-hydrogen) atoms. The Balaban J connectivity index is 2.04. The average Bonchev–Trinajstić information content (AvgIpc) is 2.87. The van der Waals surface area contributed by atoms with Crippen molar-refractivity contribution >= 4 is 27.1 Å². The third-order valence-corrected chi connectivity index (χ3v) is 4.36. The predicted molar refractivity (Wildman–Crippen MR) is 80.5 cm³/mol. The summed E-state index contributed by atoms with van der Waals surface area (Å²) in [6.07, 6.45) is 1.18. The van der Waals surface area contributed by atoms with Gasteiger partial charge in [-0.15, -0.1) is 11.3 Å². The molecule has 1 aromatic heterocycles. The molecular formula is C14H15NO3S2. The van der Waals surface area contributed by atoms with Crippen molar-refractivity contribution in [3.8, 4) is 0 Å².